The van der Waals surface area contributed by atoms with E-state index in [1.54, 1.807) is 18.0 Å². The predicted octanol–water partition coefficient (Wildman–Crippen LogP) is 3.80. The third-order valence-corrected chi connectivity index (χ3v) is 3.89. The fraction of sp³-hybridized carbons (Fsp3) is 0.357. The van der Waals surface area contributed by atoms with Gasteiger partial charge in [0.05, 0.1) is 11.2 Å². The van der Waals surface area contributed by atoms with E-state index in [1.165, 1.54) is 5.56 Å². The van der Waals surface area contributed by atoms with Crippen LogP contribution < -0.4 is 5.32 Å². The Morgan fingerprint density at radius 3 is 2.78 bits per heavy atom. The smallest absolute Gasteiger partial charge is 0.114 e. The molecule has 0 aliphatic rings. The van der Waals surface area contributed by atoms with E-state index in [9.17, 15) is 0 Å². The van der Waals surface area contributed by atoms with Crippen LogP contribution in [0.3, 0.4) is 0 Å². The molecule has 1 unspecified atom stereocenters. The van der Waals surface area contributed by atoms with Crippen molar-refractivity contribution in [3.8, 4) is 0 Å². The predicted molar refractivity (Wildman–Crippen MR) is 73.9 cm³/mol. The minimum Gasteiger partial charge on any atom is -0.468 e. The van der Waals surface area contributed by atoms with Gasteiger partial charge in [-0.2, -0.15) is 0 Å². The Labute approximate surface area is 112 Å². The largest absolute Gasteiger partial charge is 0.468 e. The maximum Gasteiger partial charge on any atom is 0.114 e. The topological polar surface area (TPSA) is 38.1 Å². The van der Waals surface area contributed by atoms with Gasteiger partial charge in [-0.15, -0.1) is 0 Å². The van der Waals surface area contributed by atoms with Gasteiger partial charge in [0.2, 0.25) is 0 Å². The third kappa shape index (κ3) is 3.15. The highest BCUT2D eigenvalue weighted by molar-refractivity contribution is 7.99. The second kappa shape index (κ2) is 6.07. The lowest BCUT2D eigenvalue weighted by Gasteiger charge is -2.12. The van der Waals surface area contributed by atoms with E-state index in [1.807, 2.05) is 19.2 Å². The highest BCUT2D eigenvalue weighted by Gasteiger charge is 2.07. The molecule has 0 saturated carbocycles. The Balaban J connectivity index is 2.06. The molecule has 2 heterocycles. The minimum atomic E-state index is 0.345. The summed E-state index contributed by atoms with van der Waals surface area (Å²) in [5, 5.41) is 4.37. The Bertz CT molecular complexity index is 493. The number of nitrogens with one attached hydrogen (secondary N) is 1. The van der Waals surface area contributed by atoms with Gasteiger partial charge in [0, 0.05) is 12.2 Å². The zero-order valence-corrected chi connectivity index (χ0v) is 11.8. The molecule has 96 valence electrons. The third-order valence-electron chi connectivity index (χ3n) is 2.80. The minimum absolute atomic E-state index is 0.345. The summed E-state index contributed by atoms with van der Waals surface area (Å²) in [6.45, 7) is 7.18. The SMILES string of the molecule is CCNC(C)c1ccc(Sc2ccoc2C)nc1. The summed E-state index contributed by atoms with van der Waals surface area (Å²) in [5.41, 5.74) is 1.21. The van der Waals surface area contributed by atoms with Gasteiger partial charge in [0.25, 0.3) is 0 Å². The molecular weight excluding hydrogens is 244 g/mol. The van der Waals surface area contributed by atoms with Gasteiger partial charge in [-0.3, -0.25) is 0 Å². The lowest BCUT2D eigenvalue weighted by molar-refractivity contribution is 0.527. The maximum absolute atomic E-state index is 5.27. The van der Waals surface area contributed by atoms with Crippen LogP contribution in [0.25, 0.3) is 0 Å². The molecule has 1 N–H and O–H groups in total. The maximum atomic E-state index is 5.27. The first-order valence-corrected chi connectivity index (χ1v) is 6.93. The molecule has 0 fully saturated rings. The van der Waals surface area contributed by atoms with E-state index in [4.69, 9.17) is 4.42 Å². The summed E-state index contributed by atoms with van der Waals surface area (Å²) in [4.78, 5) is 5.60. The van der Waals surface area contributed by atoms with Crippen molar-refractivity contribution in [2.75, 3.05) is 6.54 Å². The summed E-state index contributed by atoms with van der Waals surface area (Å²) in [5.74, 6) is 0.937. The molecule has 0 bridgehead atoms. The van der Waals surface area contributed by atoms with Crippen LogP contribution >= 0.6 is 11.8 Å². The number of aryl methyl sites for hydroxylation is 1. The van der Waals surface area contributed by atoms with Crippen molar-refractivity contribution >= 4 is 11.8 Å². The summed E-state index contributed by atoms with van der Waals surface area (Å²) in [7, 11) is 0. The lowest BCUT2D eigenvalue weighted by atomic mass is 10.1. The van der Waals surface area contributed by atoms with Crippen molar-refractivity contribution in [1.29, 1.82) is 0 Å². The van der Waals surface area contributed by atoms with Crippen LogP contribution in [0, 0.1) is 6.92 Å². The van der Waals surface area contributed by atoms with Gasteiger partial charge >= 0.3 is 0 Å². The van der Waals surface area contributed by atoms with Crippen LogP contribution in [0.2, 0.25) is 0 Å². The van der Waals surface area contributed by atoms with E-state index in [-0.39, 0.29) is 0 Å². The summed E-state index contributed by atoms with van der Waals surface area (Å²) in [6.07, 6.45) is 3.64. The molecule has 3 nitrogen and oxygen atoms in total. The van der Waals surface area contributed by atoms with Crippen molar-refractivity contribution in [1.82, 2.24) is 10.3 Å². The molecule has 0 aliphatic carbocycles. The molecule has 2 rings (SSSR count). The first kappa shape index (κ1) is 13.2. The highest BCUT2D eigenvalue weighted by Crippen LogP contribution is 2.29. The Morgan fingerprint density at radius 2 is 2.22 bits per heavy atom. The van der Waals surface area contributed by atoms with E-state index >= 15 is 0 Å². The molecule has 0 amide bonds. The molecule has 2 aromatic rings. The van der Waals surface area contributed by atoms with E-state index in [2.05, 4.69) is 36.3 Å². The molecule has 0 aliphatic heterocycles. The van der Waals surface area contributed by atoms with Crippen LogP contribution in [0.4, 0.5) is 0 Å². The molecule has 2 aromatic heterocycles. The first-order chi connectivity index (χ1) is 8.70. The van der Waals surface area contributed by atoms with E-state index < -0.39 is 0 Å². The Hall–Kier alpha value is -1.26. The number of hydrogen-bond donors (Lipinski definition) is 1. The highest BCUT2D eigenvalue weighted by atomic mass is 32.2. The van der Waals surface area contributed by atoms with Crippen molar-refractivity contribution in [2.45, 2.75) is 36.7 Å². The Kier molecular flexibility index (Phi) is 4.44. The Morgan fingerprint density at radius 1 is 1.39 bits per heavy atom. The van der Waals surface area contributed by atoms with Crippen LogP contribution in [-0.2, 0) is 0 Å². The monoisotopic (exact) mass is 262 g/mol. The number of rotatable bonds is 5. The fourth-order valence-corrected chi connectivity index (χ4v) is 2.51. The second-order valence-electron chi connectivity index (χ2n) is 4.15. The van der Waals surface area contributed by atoms with Crippen LogP contribution in [0.5, 0.6) is 0 Å². The molecule has 1 atom stereocenters. The molecule has 4 heteroatoms. The summed E-state index contributed by atoms with van der Waals surface area (Å²) < 4.78 is 5.27. The van der Waals surface area contributed by atoms with Gasteiger partial charge in [0.15, 0.2) is 0 Å². The molecule has 0 saturated heterocycles. The van der Waals surface area contributed by atoms with E-state index in [0.717, 1.165) is 22.2 Å². The van der Waals surface area contributed by atoms with Crippen LogP contribution in [-0.4, -0.2) is 11.5 Å². The van der Waals surface area contributed by atoms with Crippen molar-refractivity contribution < 1.29 is 4.42 Å². The van der Waals surface area contributed by atoms with Gasteiger partial charge in [-0.05, 0) is 38.1 Å². The molecule has 0 radical (unpaired) electrons. The van der Waals surface area contributed by atoms with E-state index in [0.29, 0.717) is 6.04 Å². The zero-order chi connectivity index (χ0) is 13.0. The van der Waals surface area contributed by atoms with Crippen molar-refractivity contribution in [2.24, 2.45) is 0 Å². The number of furan rings is 1. The summed E-state index contributed by atoms with van der Waals surface area (Å²) in [6, 6.07) is 6.49. The van der Waals surface area contributed by atoms with Gasteiger partial charge < -0.3 is 9.73 Å². The van der Waals surface area contributed by atoms with Crippen molar-refractivity contribution in [3.63, 3.8) is 0 Å². The van der Waals surface area contributed by atoms with Crippen LogP contribution in [0.1, 0.15) is 31.2 Å². The average Bonchev–Trinajstić information content (AvgIpc) is 2.76. The lowest BCUT2D eigenvalue weighted by Crippen LogP contribution is -2.17. The number of hydrogen-bond acceptors (Lipinski definition) is 4. The molecule has 18 heavy (non-hydrogen) atoms. The second-order valence-corrected chi connectivity index (χ2v) is 5.21. The van der Waals surface area contributed by atoms with Gasteiger partial charge in [-0.25, -0.2) is 4.98 Å². The standard InChI is InChI=1S/C14H18N2OS/c1-4-15-10(2)12-5-6-14(16-9-12)18-13-7-8-17-11(13)3/h5-10,15H,4H2,1-3H3. The van der Waals surface area contributed by atoms with Crippen molar-refractivity contribution in [3.05, 3.63) is 42.0 Å². The van der Waals surface area contributed by atoms with Crippen LogP contribution in [0.15, 0.2) is 45.0 Å². The van der Waals surface area contributed by atoms with Gasteiger partial charge in [0.1, 0.15) is 10.8 Å². The number of aromatic nitrogens is 1. The number of nitrogens with zero attached hydrogens (tertiary/aromatic N) is 1. The molecule has 0 aromatic carbocycles. The quantitative estimate of drug-likeness (QED) is 0.889. The van der Waals surface area contributed by atoms with Gasteiger partial charge in [-0.1, -0.05) is 24.8 Å². The normalized spacial score (nSPS) is 12.6. The molecular formula is C14H18N2OS. The fourth-order valence-electron chi connectivity index (χ4n) is 1.72. The summed E-state index contributed by atoms with van der Waals surface area (Å²) >= 11 is 1.63. The molecule has 0 spiro atoms. The first-order valence-electron chi connectivity index (χ1n) is 6.12. The zero-order valence-electron chi connectivity index (χ0n) is 10.9. The number of pyridine rings is 1. The average molecular weight is 262 g/mol.